The average molecular weight is 356 g/mol. The molecule has 0 amide bonds. The quantitative estimate of drug-likeness (QED) is 0.831. The number of hydrogen-bond donors (Lipinski definition) is 1. The third-order valence-corrected chi connectivity index (χ3v) is 5.56. The van der Waals surface area contributed by atoms with E-state index in [0.717, 1.165) is 15.8 Å². The van der Waals surface area contributed by atoms with Crippen LogP contribution in [-0.4, -0.2) is 12.2 Å². The van der Waals surface area contributed by atoms with Gasteiger partial charge in [0, 0.05) is 20.8 Å². The Kier molecular flexibility index (Phi) is 4.95. The lowest BCUT2D eigenvalue weighted by Crippen LogP contribution is -2.38. The van der Waals surface area contributed by atoms with Crippen molar-refractivity contribution in [2.45, 2.75) is 44.3 Å². The van der Waals surface area contributed by atoms with Crippen molar-refractivity contribution >= 4 is 27.3 Å². The van der Waals surface area contributed by atoms with E-state index in [1.54, 1.807) is 11.3 Å². The van der Waals surface area contributed by atoms with Crippen molar-refractivity contribution in [1.29, 1.82) is 0 Å². The Morgan fingerprint density at radius 1 is 1.42 bits per heavy atom. The van der Waals surface area contributed by atoms with Crippen LogP contribution in [0.1, 0.15) is 30.6 Å². The molecule has 0 radical (unpaired) electrons. The summed E-state index contributed by atoms with van der Waals surface area (Å²) in [6, 6.07) is 1.82. The van der Waals surface area contributed by atoms with Crippen LogP contribution in [0.2, 0.25) is 0 Å². The van der Waals surface area contributed by atoms with Gasteiger partial charge in [-0.05, 0) is 53.6 Å². The molecule has 1 aliphatic rings. The summed E-state index contributed by atoms with van der Waals surface area (Å²) >= 11 is 4.97. The Hall–Kier alpha value is -0.0700. The van der Waals surface area contributed by atoms with E-state index >= 15 is 0 Å². The van der Waals surface area contributed by atoms with Crippen LogP contribution < -0.4 is 5.73 Å². The summed E-state index contributed by atoms with van der Waals surface area (Å²) in [5.74, 6) is -1.17. The van der Waals surface area contributed by atoms with Crippen molar-refractivity contribution in [3.63, 3.8) is 0 Å². The van der Waals surface area contributed by atoms with Crippen molar-refractivity contribution in [3.8, 4) is 0 Å². The molecule has 0 aliphatic heterocycles. The topological polar surface area (TPSA) is 26.0 Å². The Balaban J connectivity index is 1.93. The van der Waals surface area contributed by atoms with Gasteiger partial charge in [0.05, 0.1) is 5.92 Å². The van der Waals surface area contributed by atoms with E-state index in [1.165, 1.54) is 0 Å². The smallest absolute Gasteiger partial charge is 0.327 e. The molecular formula is C13H17BrF3NS. The molecule has 0 saturated heterocycles. The molecule has 2 rings (SSSR count). The molecule has 0 aromatic carbocycles. The van der Waals surface area contributed by atoms with Crippen molar-refractivity contribution in [3.05, 3.63) is 20.8 Å². The maximum absolute atomic E-state index is 12.8. The zero-order valence-corrected chi connectivity index (χ0v) is 12.8. The average Bonchev–Trinajstić information content (AvgIpc) is 2.74. The molecular weight excluding hydrogens is 339 g/mol. The minimum Gasteiger partial charge on any atom is -0.327 e. The summed E-state index contributed by atoms with van der Waals surface area (Å²) in [4.78, 5) is 1.13. The van der Waals surface area contributed by atoms with Crippen LogP contribution in [0.5, 0.6) is 0 Å². The summed E-state index contributed by atoms with van der Waals surface area (Å²) in [5, 5.41) is 1.97. The Morgan fingerprint density at radius 3 is 2.74 bits per heavy atom. The molecule has 2 N–H and O–H groups in total. The Morgan fingerprint density at radius 2 is 2.16 bits per heavy atom. The molecule has 3 unspecified atom stereocenters. The highest BCUT2D eigenvalue weighted by molar-refractivity contribution is 9.10. The third-order valence-electron chi connectivity index (χ3n) is 3.84. The zero-order chi connectivity index (χ0) is 14.0. The highest BCUT2D eigenvalue weighted by Gasteiger charge is 2.43. The van der Waals surface area contributed by atoms with Gasteiger partial charge in [0.2, 0.25) is 0 Å². The van der Waals surface area contributed by atoms with E-state index in [0.29, 0.717) is 12.8 Å². The standard InChI is InChI=1S/C13H17BrF3NS/c14-10-5-11(19-7-10)6-12(18)8-2-1-3-9(4-8)13(15,16)17/h5,7-9,12H,1-4,6,18H2. The predicted octanol–water partition coefficient (Wildman–Crippen LogP) is 4.75. The van der Waals surface area contributed by atoms with Crippen molar-refractivity contribution in [1.82, 2.24) is 0 Å². The van der Waals surface area contributed by atoms with E-state index in [9.17, 15) is 13.2 Å². The number of alkyl halides is 3. The largest absolute Gasteiger partial charge is 0.391 e. The molecule has 0 spiro atoms. The second-order valence-electron chi connectivity index (χ2n) is 5.26. The molecule has 108 valence electrons. The third kappa shape index (κ3) is 4.20. The summed E-state index contributed by atoms with van der Waals surface area (Å²) < 4.78 is 39.3. The van der Waals surface area contributed by atoms with E-state index in [-0.39, 0.29) is 24.8 Å². The van der Waals surface area contributed by atoms with Crippen LogP contribution in [0.3, 0.4) is 0 Å². The number of nitrogens with two attached hydrogens (primary N) is 1. The van der Waals surface area contributed by atoms with Gasteiger partial charge in [-0.3, -0.25) is 0 Å². The van der Waals surface area contributed by atoms with Gasteiger partial charge >= 0.3 is 6.18 Å². The molecule has 0 bridgehead atoms. The second kappa shape index (κ2) is 6.14. The summed E-state index contributed by atoms with van der Waals surface area (Å²) in [5.41, 5.74) is 6.12. The second-order valence-corrected chi connectivity index (χ2v) is 7.18. The molecule has 1 heterocycles. The molecule has 1 fully saturated rings. The van der Waals surface area contributed by atoms with Gasteiger partial charge in [-0.2, -0.15) is 13.2 Å². The van der Waals surface area contributed by atoms with Gasteiger partial charge in [-0.15, -0.1) is 11.3 Å². The normalized spacial score (nSPS) is 26.4. The Bertz CT molecular complexity index is 418. The fourth-order valence-electron chi connectivity index (χ4n) is 2.77. The summed E-state index contributed by atoms with van der Waals surface area (Å²) in [7, 11) is 0. The fraction of sp³-hybridized carbons (Fsp3) is 0.692. The van der Waals surface area contributed by atoms with E-state index < -0.39 is 12.1 Å². The number of halogens is 4. The number of rotatable bonds is 3. The minimum absolute atomic E-state index is 0.0127. The van der Waals surface area contributed by atoms with Crippen LogP contribution in [0, 0.1) is 11.8 Å². The molecule has 1 aliphatic carbocycles. The monoisotopic (exact) mass is 355 g/mol. The number of thiophene rings is 1. The maximum Gasteiger partial charge on any atom is 0.391 e. The van der Waals surface area contributed by atoms with E-state index in [2.05, 4.69) is 15.9 Å². The first-order valence-corrected chi connectivity index (χ1v) is 8.08. The first kappa shape index (κ1) is 15.3. The minimum atomic E-state index is -4.07. The predicted molar refractivity (Wildman–Crippen MR) is 75.2 cm³/mol. The lowest BCUT2D eigenvalue weighted by Gasteiger charge is -2.33. The van der Waals surface area contributed by atoms with Crippen molar-refractivity contribution < 1.29 is 13.2 Å². The fourth-order valence-corrected chi connectivity index (χ4v) is 4.30. The van der Waals surface area contributed by atoms with Crippen molar-refractivity contribution in [2.75, 3.05) is 0 Å². The number of hydrogen-bond acceptors (Lipinski definition) is 2. The molecule has 1 saturated carbocycles. The maximum atomic E-state index is 12.8. The van der Waals surface area contributed by atoms with Gasteiger partial charge < -0.3 is 5.73 Å². The first-order valence-electron chi connectivity index (χ1n) is 6.41. The molecule has 19 heavy (non-hydrogen) atoms. The summed E-state index contributed by atoms with van der Waals surface area (Å²) in [6.07, 6.45) is -1.48. The van der Waals surface area contributed by atoms with Crippen LogP contribution in [0.25, 0.3) is 0 Å². The highest BCUT2D eigenvalue weighted by Crippen LogP contribution is 2.41. The molecule has 6 heteroatoms. The van der Waals surface area contributed by atoms with Crippen LogP contribution >= 0.6 is 27.3 Å². The first-order chi connectivity index (χ1) is 8.86. The van der Waals surface area contributed by atoms with E-state index in [1.807, 2.05) is 11.4 Å². The van der Waals surface area contributed by atoms with Gasteiger partial charge in [0.25, 0.3) is 0 Å². The van der Waals surface area contributed by atoms with Gasteiger partial charge in [-0.25, -0.2) is 0 Å². The van der Waals surface area contributed by atoms with Gasteiger partial charge in [-0.1, -0.05) is 6.42 Å². The lowest BCUT2D eigenvalue weighted by molar-refractivity contribution is -0.186. The van der Waals surface area contributed by atoms with Crippen LogP contribution in [0.15, 0.2) is 15.9 Å². The van der Waals surface area contributed by atoms with Crippen LogP contribution in [-0.2, 0) is 6.42 Å². The van der Waals surface area contributed by atoms with Gasteiger partial charge in [0.15, 0.2) is 0 Å². The molecule has 1 aromatic heterocycles. The van der Waals surface area contributed by atoms with Gasteiger partial charge in [0.1, 0.15) is 0 Å². The summed E-state index contributed by atoms with van der Waals surface area (Å²) in [6.45, 7) is 0. The molecule has 3 atom stereocenters. The van der Waals surface area contributed by atoms with E-state index in [4.69, 9.17) is 5.73 Å². The SMILES string of the molecule is NC(Cc1cc(Br)cs1)C1CCCC(C(F)(F)F)C1. The van der Waals surface area contributed by atoms with Crippen LogP contribution in [0.4, 0.5) is 13.2 Å². The zero-order valence-electron chi connectivity index (χ0n) is 10.4. The molecule has 1 nitrogen and oxygen atoms in total. The van der Waals surface area contributed by atoms with Crippen molar-refractivity contribution in [2.24, 2.45) is 17.6 Å². The Labute approximate surface area is 123 Å². The molecule has 1 aromatic rings. The highest BCUT2D eigenvalue weighted by atomic mass is 79.9. The lowest BCUT2D eigenvalue weighted by atomic mass is 9.77.